The molecule has 12 heteroatoms. The summed E-state index contributed by atoms with van der Waals surface area (Å²) in [4.78, 5) is 41.1. The molecule has 1 N–H and O–H groups in total. The van der Waals surface area contributed by atoms with Crippen LogP contribution in [0.2, 0.25) is 0 Å². The van der Waals surface area contributed by atoms with Crippen molar-refractivity contribution in [3.8, 4) is 28.7 Å². The van der Waals surface area contributed by atoms with Crippen LogP contribution in [0.1, 0.15) is 98.6 Å². The van der Waals surface area contributed by atoms with Crippen LogP contribution in [0.15, 0.2) is 95.2 Å². The average molecular weight is 866 g/mol. The van der Waals surface area contributed by atoms with E-state index in [1.54, 1.807) is 49.3 Å². The Morgan fingerprint density at radius 2 is 1.11 bits per heavy atom. The third kappa shape index (κ3) is 9.37. The van der Waals surface area contributed by atoms with Crippen LogP contribution in [0.4, 0.5) is 17.1 Å². The monoisotopic (exact) mass is 865 g/mol. The van der Waals surface area contributed by atoms with E-state index in [9.17, 15) is 9.59 Å². The van der Waals surface area contributed by atoms with Crippen molar-refractivity contribution in [2.45, 2.75) is 78.8 Å². The summed E-state index contributed by atoms with van der Waals surface area (Å²) in [6.45, 7) is 12.5. The highest BCUT2D eigenvalue weighted by atomic mass is 16.5. The summed E-state index contributed by atoms with van der Waals surface area (Å²) in [5.41, 5.74) is 6.80. The van der Waals surface area contributed by atoms with E-state index >= 15 is 0 Å². The molecule has 0 bridgehead atoms. The lowest BCUT2D eigenvalue weighted by Gasteiger charge is -2.35. The molecule has 0 aromatic heterocycles. The maximum Gasteiger partial charge on any atom is 0.260 e. The molecule has 4 aliphatic heterocycles. The number of amides is 2. The SMILES string of the molecule is CCCCNc1ccc(C2=CN3C(=O)c4cc(OC)c(OCC(C)(C)CC(C)(C)COc5cc6c(cc5OC)C(=O)N5C=C(c7ccc(OC)cc7)C[C@H]5C=N6)cc4N=C[C@@H]3C2)cc1. The van der Waals surface area contributed by atoms with Gasteiger partial charge in [-0.2, -0.15) is 0 Å². The second-order valence-electron chi connectivity index (χ2n) is 18.5. The second-order valence-corrected chi connectivity index (χ2v) is 18.5. The van der Waals surface area contributed by atoms with E-state index in [0.717, 1.165) is 59.5 Å². The Balaban J connectivity index is 0.900. The third-order valence-corrected chi connectivity index (χ3v) is 12.2. The van der Waals surface area contributed by atoms with E-state index in [1.807, 2.05) is 55.2 Å². The van der Waals surface area contributed by atoms with Crippen LogP contribution in [0.3, 0.4) is 0 Å². The third-order valence-electron chi connectivity index (χ3n) is 12.2. The van der Waals surface area contributed by atoms with Gasteiger partial charge in [-0.3, -0.25) is 19.6 Å². The van der Waals surface area contributed by atoms with Crippen LogP contribution >= 0.6 is 0 Å². The van der Waals surface area contributed by atoms with Gasteiger partial charge in [0.15, 0.2) is 23.0 Å². The van der Waals surface area contributed by atoms with E-state index in [0.29, 0.717) is 71.6 Å². The van der Waals surface area contributed by atoms with Gasteiger partial charge in [0, 0.05) is 62.0 Å². The molecule has 0 saturated carbocycles. The molecule has 12 nitrogen and oxygen atoms in total. The van der Waals surface area contributed by atoms with Crippen LogP contribution in [0.5, 0.6) is 28.7 Å². The lowest BCUT2D eigenvalue weighted by Crippen LogP contribution is -2.33. The number of aliphatic imine (C=N–C) groups is 2. The Hall–Kier alpha value is -6.56. The maximum absolute atomic E-state index is 14.0. The predicted octanol–water partition coefficient (Wildman–Crippen LogP) is 10.8. The molecule has 0 aliphatic carbocycles. The number of methoxy groups -OCH3 is 3. The molecule has 2 amide bonds. The van der Waals surface area contributed by atoms with Gasteiger partial charge >= 0.3 is 0 Å². The number of anilines is 1. The summed E-state index contributed by atoms with van der Waals surface area (Å²) in [5, 5.41) is 3.46. The Morgan fingerprint density at radius 3 is 1.55 bits per heavy atom. The van der Waals surface area contributed by atoms with Crippen molar-refractivity contribution in [1.29, 1.82) is 0 Å². The number of carbonyl (C=O) groups excluding carboxylic acids is 2. The summed E-state index contributed by atoms with van der Waals surface area (Å²) >= 11 is 0. The topological polar surface area (TPSA) is 124 Å². The number of carbonyl (C=O) groups is 2. The van der Waals surface area contributed by atoms with Gasteiger partial charge in [-0.15, -0.1) is 0 Å². The van der Waals surface area contributed by atoms with Gasteiger partial charge in [0.25, 0.3) is 11.8 Å². The molecule has 334 valence electrons. The highest BCUT2D eigenvalue weighted by molar-refractivity contribution is 6.06. The number of unbranched alkanes of at least 4 members (excludes halogenated alkanes) is 1. The normalized spacial score (nSPS) is 17.7. The summed E-state index contributed by atoms with van der Waals surface area (Å²) in [6, 6.07) is 22.9. The van der Waals surface area contributed by atoms with Gasteiger partial charge in [-0.05, 0) is 82.3 Å². The van der Waals surface area contributed by atoms with Gasteiger partial charge in [-0.25, -0.2) is 0 Å². The van der Waals surface area contributed by atoms with Gasteiger partial charge in [0.1, 0.15) is 5.75 Å². The lowest BCUT2D eigenvalue weighted by molar-refractivity contribution is 0.0789. The molecule has 4 aliphatic rings. The first-order valence-electron chi connectivity index (χ1n) is 22.1. The maximum atomic E-state index is 14.0. The largest absolute Gasteiger partial charge is 0.497 e. The molecule has 0 radical (unpaired) electrons. The zero-order valence-corrected chi connectivity index (χ0v) is 38.2. The van der Waals surface area contributed by atoms with Gasteiger partial charge in [0.05, 0.1) is 69.1 Å². The number of fused-ring (bicyclic) bond motifs is 4. The fourth-order valence-electron chi connectivity index (χ4n) is 9.10. The Bertz CT molecular complexity index is 2520. The first kappa shape index (κ1) is 44.1. The molecule has 4 aromatic carbocycles. The predicted molar refractivity (Wildman–Crippen MR) is 253 cm³/mol. The van der Waals surface area contributed by atoms with Crippen molar-refractivity contribution in [1.82, 2.24) is 9.80 Å². The van der Waals surface area contributed by atoms with Crippen LogP contribution in [-0.2, 0) is 0 Å². The quantitative estimate of drug-likeness (QED) is 0.104. The number of rotatable bonds is 17. The van der Waals surface area contributed by atoms with Crippen LogP contribution in [0.25, 0.3) is 11.1 Å². The lowest BCUT2D eigenvalue weighted by atomic mass is 9.76. The van der Waals surface area contributed by atoms with Gasteiger partial charge in [-0.1, -0.05) is 65.3 Å². The minimum Gasteiger partial charge on any atom is -0.497 e. The van der Waals surface area contributed by atoms with E-state index in [-0.39, 0.29) is 34.7 Å². The van der Waals surface area contributed by atoms with Gasteiger partial charge in [0.2, 0.25) is 0 Å². The number of nitrogens with zero attached hydrogens (tertiary/aromatic N) is 4. The fourth-order valence-corrected chi connectivity index (χ4v) is 9.10. The summed E-state index contributed by atoms with van der Waals surface area (Å²) in [6.07, 6.45) is 11.9. The van der Waals surface area contributed by atoms with Crippen molar-refractivity contribution in [2.24, 2.45) is 20.8 Å². The average Bonchev–Trinajstić information content (AvgIpc) is 3.87. The minimum atomic E-state index is -0.296. The molecular formula is C52H59N5O7. The van der Waals surface area contributed by atoms with E-state index < -0.39 is 0 Å². The van der Waals surface area contributed by atoms with Crippen molar-refractivity contribution in [3.63, 3.8) is 0 Å². The molecule has 0 fully saturated rings. The number of benzene rings is 4. The smallest absolute Gasteiger partial charge is 0.260 e. The number of ether oxygens (including phenoxy) is 5. The molecule has 4 heterocycles. The molecule has 64 heavy (non-hydrogen) atoms. The Labute approximate surface area is 376 Å². The van der Waals surface area contributed by atoms with E-state index in [4.69, 9.17) is 33.7 Å². The zero-order chi connectivity index (χ0) is 45.2. The van der Waals surface area contributed by atoms with Crippen LogP contribution in [-0.4, -0.2) is 87.2 Å². The fraction of sp³-hybridized carbons (Fsp3) is 0.385. The highest BCUT2D eigenvalue weighted by Crippen LogP contribution is 2.44. The molecule has 0 unspecified atom stereocenters. The van der Waals surface area contributed by atoms with Crippen molar-refractivity contribution in [2.75, 3.05) is 46.4 Å². The summed E-state index contributed by atoms with van der Waals surface area (Å²) in [7, 11) is 4.80. The molecule has 2 atom stereocenters. The second kappa shape index (κ2) is 18.3. The molecule has 0 spiro atoms. The molecule has 4 aromatic rings. The van der Waals surface area contributed by atoms with E-state index in [2.05, 4.69) is 64.2 Å². The van der Waals surface area contributed by atoms with Gasteiger partial charge < -0.3 is 38.8 Å². The van der Waals surface area contributed by atoms with Crippen molar-refractivity contribution < 1.29 is 33.3 Å². The molecular weight excluding hydrogens is 807 g/mol. The molecule has 0 saturated heterocycles. The number of hydrogen-bond acceptors (Lipinski definition) is 10. The standard InChI is InChI=1S/C52H59N5O7/c1-9-10-19-53-37-15-11-33(12-16-37)35-20-38-26-54-43-24-47(45(61-7)22-41(43)49(58)56(38)28-35)63-31-51(2,3)30-52(4,5)32-64-48-25-44-42(23-46(48)62-8)50(59)57-29-36(21-39(57)27-55-44)34-13-17-40(60-6)18-14-34/h11-18,22-29,38-39,53H,9-10,19-21,30-32H2,1-8H3/t38-,39-/m0/s1. The Kier molecular flexibility index (Phi) is 12.6. The summed E-state index contributed by atoms with van der Waals surface area (Å²) < 4.78 is 29.8. The first-order valence-corrected chi connectivity index (χ1v) is 22.1. The van der Waals surface area contributed by atoms with Crippen molar-refractivity contribution >= 4 is 52.5 Å². The van der Waals surface area contributed by atoms with Crippen LogP contribution in [0, 0.1) is 10.8 Å². The zero-order valence-electron chi connectivity index (χ0n) is 38.2. The van der Waals surface area contributed by atoms with E-state index in [1.165, 1.54) is 0 Å². The first-order chi connectivity index (χ1) is 30.8. The minimum absolute atomic E-state index is 0.126. The molecule has 8 rings (SSSR count). The highest BCUT2D eigenvalue weighted by Gasteiger charge is 2.36. The Morgan fingerprint density at radius 1 is 0.641 bits per heavy atom. The summed E-state index contributed by atoms with van der Waals surface area (Å²) in [5.74, 6) is 2.50. The number of hydrogen-bond donors (Lipinski definition) is 1. The number of nitrogens with one attached hydrogen (secondary N) is 1. The van der Waals surface area contributed by atoms with Crippen LogP contribution < -0.4 is 29.0 Å². The van der Waals surface area contributed by atoms with Crippen molar-refractivity contribution in [3.05, 3.63) is 107 Å².